The quantitative estimate of drug-likeness (QED) is 0.789. The predicted octanol–water partition coefficient (Wildman–Crippen LogP) is 1.40. The zero-order valence-corrected chi connectivity index (χ0v) is 10.8. The summed E-state index contributed by atoms with van der Waals surface area (Å²) in [6.45, 7) is 0. The average molecular weight is 239 g/mol. The molecule has 0 heterocycles. The zero-order chi connectivity index (χ0) is 12.0. The molecule has 88 valence electrons. The molecule has 2 N–H and O–H groups in total. The van der Waals surface area contributed by atoms with Crippen molar-refractivity contribution >= 4 is 14.0 Å². The summed E-state index contributed by atoms with van der Waals surface area (Å²) in [7, 11) is 1.83. The minimum absolute atomic E-state index is 0.764. The van der Waals surface area contributed by atoms with E-state index in [1.807, 2.05) is 30.3 Å². The maximum atomic E-state index is 5.65. The Balaban J connectivity index is 3.17. The second-order valence-corrected chi connectivity index (χ2v) is 5.99. The molecule has 0 bridgehead atoms. The summed E-state index contributed by atoms with van der Waals surface area (Å²) in [5.74, 6) is 0. The van der Waals surface area contributed by atoms with Gasteiger partial charge in [-0.1, -0.05) is 30.3 Å². The van der Waals surface area contributed by atoms with Crippen LogP contribution in [-0.2, 0) is 13.3 Å². The third-order valence-electron chi connectivity index (χ3n) is 2.39. The van der Waals surface area contributed by atoms with Crippen LogP contribution in [0.2, 0.25) is 0 Å². The molecular formula is C11H17NO3Si. The Morgan fingerprint density at radius 2 is 1.56 bits per heavy atom. The van der Waals surface area contributed by atoms with Crippen LogP contribution >= 0.6 is 0 Å². The van der Waals surface area contributed by atoms with E-state index in [0.29, 0.717) is 0 Å². The Bertz CT molecular complexity index is 341. The van der Waals surface area contributed by atoms with Gasteiger partial charge >= 0.3 is 8.80 Å². The first-order valence-corrected chi connectivity index (χ1v) is 6.59. The van der Waals surface area contributed by atoms with Gasteiger partial charge in [0.05, 0.1) is 0 Å². The number of benzene rings is 1. The summed E-state index contributed by atoms with van der Waals surface area (Å²) in [5, 5.41) is 0.764. The Hall–Kier alpha value is -1.14. The minimum Gasteiger partial charge on any atom is -0.404 e. The summed E-state index contributed by atoms with van der Waals surface area (Å²) < 4.78 is 16.2. The molecule has 5 heteroatoms. The van der Waals surface area contributed by atoms with Gasteiger partial charge in [0.15, 0.2) is 0 Å². The van der Waals surface area contributed by atoms with Crippen molar-refractivity contribution < 1.29 is 13.3 Å². The molecule has 0 aliphatic heterocycles. The zero-order valence-electron chi connectivity index (χ0n) is 9.77. The molecule has 0 amide bonds. The van der Waals surface area contributed by atoms with E-state index in [1.54, 1.807) is 21.3 Å². The first-order chi connectivity index (χ1) is 7.74. The van der Waals surface area contributed by atoms with Crippen molar-refractivity contribution in [3.8, 4) is 0 Å². The first kappa shape index (κ1) is 12.9. The summed E-state index contributed by atoms with van der Waals surface area (Å²) >= 11 is 0. The lowest BCUT2D eigenvalue weighted by Gasteiger charge is -2.26. The van der Waals surface area contributed by atoms with Gasteiger partial charge in [-0.2, -0.15) is 0 Å². The normalized spacial score (nSPS) is 12.8. The van der Waals surface area contributed by atoms with E-state index in [-0.39, 0.29) is 0 Å². The topological polar surface area (TPSA) is 53.7 Å². The van der Waals surface area contributed by atoms with Crippen molar-refractivity contribution in [2.24, 2.45) is 5.73 Å². The van der Waals surface area contributed by atoms with E-state index in [1.165, 1.54) is 6.20 Å². The number of hydrogen-bond acceptors (Lipinski definition) is 4. The molecule has 0 atom stereocenters. The second-order valence-electron chi connectivity index (χ2n) is 3.11. The molecule has 1 aromatic rings. The monoisotopic (exact) mass is 239 g/mol. The summed E-state index contributed by atoms with van der Waals surface area (Å²) in [6.07, 6.45) is 1.48. The van der Waals surface area contributed by atoms with Crippen molar-refractivity contribution in [1.29, 1.82) is 0 Å². The molecule has 0 fully saturated rings. The van der Waals surface area contributed by atoms with Gasteiger partial charge in [-0.05, 0) is 5.56 Å². The fourth-order valence-electron chi connectivity index (χ4n) is 1.57. The lowest BCUT2D eigenvalue weighted by Crippen LogP contribution is -2.45. The highest BCUT2D eigenvalue weighted by Gasteiger charge is 2.43. The summed E-state index contributed by atoms with van der Waals surface area (Å²) in [4.78, 5) is 0. The number of nitrogens with two attached hydrogens (primary N) is 1. The molecule has 0 radical (unpaired) electrons. The molecule has 0 unspecified atom stereocenters. The molecule has 0 spiro atoms. The lowest BCUT2D eigenvalue weighted by atomic mass is 10.2. The predicted molar refractivity (Wildman–Crippen MR) is 65.4 cm³/mol. The lowest BCUT2D eigenvalue weighted by molar-refractivity contribution is 0.141. The fraction of sp³-hybridized carbons (Fsp3) is 0.273. The van der Waals surface area contributed by atoms with E-state index < -0.39 is 8.80 Å². The third kappa shape index (κ3) is 2.33. The third-order valence-corrected chi connectivity index (χ3v) is 5.11. The molecular weight excluding hydrogens is 222 g/mol. The molecule has 16 heavy (non-hydrogen) atoms. The van der Waals surface area contributed by atoms with Crippen molar-refractivity contribution in [1.82, 2.24) is 0 Å². The van der Waals surface area contributed by atoms with Crippen molar-refractivity contribution in [2.75, 3.05) is 21.3 Å². The molecule has 0 aliphatic rings. The van der Waals surface area contributed by atoms with Gasteiger partial charge in [0, 0.05) is 32.7 Å². The van der Waals surface area contributed by atoms with Crippen LogP contribution in [0, 0.1) is 0 Å². The summed E-state index contributed by atoms with van der Waals surface area (Å²) in [5.41, 5.74) is 6.60. The van der Waals surface area contributed by atoms with Crippen LogP contribution in [-0.4, -0.2) is 30.1 Å². The van der Waals surface area contributed by atoms with Gasteiger partial charge in [0.25, 0.3) is 0 Å². The molecule has 1 aromatic carbocycles. The molecule has 0 saturated carbocycles. The van der Waals surface area contributed by atoms with Crippen LogP contribution in [0.5, 0.6) is 0 Å². The highest BCUT2D eigenvalue weighted by atomic mass is 28.4. The van der Waals surface area contributed by atoms with Crippen LogP contribution in [0.3, 0.4) is 0 Å². The van der Waals surface area contributed by atoms with Gasteiger partial charge in [-0.3, -0.25) is 0 Å². The smallest absolute Gasteiger partial charge is 0.404 e. The Morgan fingerprint density at radius 3 is 1.94 bits per heavy atom. The van der Waals surface area contributed by atoms with Gasteiger partial charge in [0.1, 0.15) is 0 Å². The van der Waals surface area contributed by atoms with Crippen LogP contribution in [0.25, 0.3) is 5.20 Å². The van der Waals surface area contributed by atoms with Crippen LogP contribution in [0.1, 0.15) is 5.56 Å². The van der Waals surface area contributed by atoms with Crippen molar-refractivity contribution in [3.63, 3.8) is 0 Å². The first-order valence-electron chi connectivity index (χ1n) is 4.87. The molecule has 0 saturated heterocycles. The fourth-order valence-corrected chi connectivity index (χ4v) is 3.46. The van der Waals surface area contributed by atoms with E-state index in [4.69, 9.17) is 19.0 Å². The van der Waals surface area contributed by atoms with Gasteiger partial charge in [-0.25, -0.2) is 0 Å². The molecule has 1 rings (SSSR count). The second kappa shape index (κ2) is 5.81. The molecule has 4 nitrogen and oxygen atoms in total. The highest BCUT2D eigenvalue weighted by molar-refractivity contribution is 6.81. The van der Waals surface area contributed by atoms with Crippen molar-refractivity contribution in [2.45, 2.75) is 0 Å². The Labute approximate surface area is 97.0 Å². The van der Waals surface area contributed by atoms with E-state index >= 15 is 0 Å². The average Bonchev–Trinajstić information content (AvgIpc) is 2.37. The van der Waals surface area contributed by atoms with E-state index in [2.05, 4.69) is 0 Å². The largest absolute Gasteiger partial charge is 0.538 e. The van der Waals surface area contributed by atoms with E-state index in [0.717, 1.165) is 10.8 Å². The molecule has 0 aromatic heterocycles. The Kier molecular flexibility index (Phi) is 4.69. The maximum absolute atomic E-state index is 5.65. The van der Waals surface area contributed by atoms with Crippen LogP contribution in [0.4, 0.5) is 0 Å². The van der Waals surface area contributed by atoms with E-state index in [9.17, 15) is 0 Å². The number of rotatable bonds is 5. The van der Waals surface area contributed by atoms with Crippen LogP contribution < -0.4 is 5.73 Å². The highest BCUT2D eigenvalue weighted by Crippen LogP contribution is 2.26. The SMILES string of the molecule is CO[Si](OC)(OC)/C(=C\N)c1ccccc1. The standard InChI is InChI=1S/C11H17NO3Si/c1-13-16(14-2,15-3)11(9-12)10-7-5-4-6-8-10/h4-9H,12H2,1-3H3/b11-9-. The maximum Gasteiger partial charge on any atom is 0.538 e. The van der Waals surface area contributed by atoms with Crippen LogP contribution in [0.15, 0.2) is 36.5 Å². The summed E-state index contributed by atoms with van der Waals surface area (Å²) in [6, 6.07) is 9.68. The number of hydrogen-bond donors (Lipinski definition) is 1. The van der Waals surface area contributed by atoms with Gasteiger partial charge in [-0.15, -0.1) is 0 Å². The van der Waals surface area contributed by atoms with Gasteiger partial charge < -0.3 is 19.0 Å². The molecule has 0 aliphatic carbocycles. The van der Waals surface area contributed by atoms with Crippen molar-refractivity contribution in [3.05, 3.63) is 42.1 Å². The van der Waals surface area contributed by atoms with Gasteiger partial charge in [0.2, 0.25) is 0 Å². The minimum atomic E-state index is -2.85. The Morgan fingerprint density at radius 1 is 1.06 bits per heavy atom.